The molecule has 0 N–H and O–H groups in total. The number of aryl methyl sites for hydroxylation is 2. The highest BCUT2D eigenvalue weighted by Gasteiger charge is 2.25. The molecule has 0 aliphatic carbocycles. The van der Waals surface area contributed by atoms with E-state index in [0.717, 1.165) is 50.2 Å². The van der Waals surface area contributed by atoms with Gasteiger partial charge in [-0.25, -0.2) is 9.97 Å². The number of methoxy groups -OCH3 is 1. The third-order valence-electron chi connectivity index (χ3n) is 6.26. The predicted octanol–water partition coefficient (Wildman–Crippen LogP) is 5.43. The van der Waals surface area contributed by atoms with E-state index in [1.54, 1.807) is 36.5 Å². The van der Waals surface area contributed by atoms with Gasteiger partial charge < -0.3 is 14.5 Å². The van der Waals surface area contributed by atoms with E-state index in [4.69, 9.17) is 4.74 Å². The van der Waals surface area contributed by atoms with Crippen molar-refractivity contribution < 1.29 is 9.53 Å². The normalized spacial score (nSPS) is 14.0. The minimum absolute atomic E-state index is 0.0704. The topological polar surface area (TPSA) is 58.6 Å². The molecule has 2 aromatic carbocycles. The van der Waals surface area contributed by atoms with Crippen molar-refractivity contribution in [1.29, 1.82) is 0 Å². The second-order valence-electron chi connectivity index (χ2n) is 8.22. The number of ether oxygens (including phenoxy) is 1. The van der Waals surface area contributed by atoms with E-state index in [1.807, 2.05) is 41.3 Å². The SMILES string of the molecule is COc1ccc(N2CCN(C(=O)c3ccccc3Sc3ncnc4sc(C)c(C)c34)CC2)cc1. The number of thiophene rings is 1. The van der Waals surface area contributed by atoms with Crippen LogP contribution in [0, 0.1) is 13.8 Å². The number of rotatable bonds is 5. The van der Waals surface area contributed by atoms with Crippen molar-refractivity contribution in [2.24, 2.45) is 0 Å². The summed E-state index contributed by atoms with van der Waals surface area (Å²) in [5.41, 5.74) is 3.08. The van der Waals surface area contributed by atoms with Crippen molar-refractivity contribution in [3.05, 3.63) is 70.9 Å². The molecule has 1 fully saturated rings. The summed E-state index contributed by atoms with van der Waals surface area (Å²) in [5.74, 6) is 0.918. The first-order chi connectivity index (χ1) is 16.5. The molecule has 1 amide bonds. The molecule has 0 saturated carbocycles. The van der Waals surface area contributed by atoms with Gasteiger partial charge in [-0.2, -0.15) is 0 Å². The zero-order valence-electron chi connectivity index (χ0n) is 19.4. The first-order valence-electron chi connectivity index (χ1n) is 11.2. The van der Waals surface area contributed by atoms with E-state index in [1.165, 1.54) is 10.4 Å². The third-order valence-corrected chi connectivity index (χ3v) is 8.45. The molecule has 1 aliphatic rings. The van der Waals surface area contributed by atoms with Crippen molar-refractivity contribution in [2.75, 3.05) is 38.2 Å². The molecule has 2 aromatic heterocycles. The number of piperazine rings is 1. The summed E-state index contributed by atoms with van der Waals surface area (Å²) in [5, 5.41) is 1.99. The Morgan fingerprint density at radius 1 is 1.00 bits per heavy atom. The van der Waals surface area contributed by atoms with Crippen LogP contribution in [-0.4, -0.2) is 54.1 Å². The molecule has 0 unspecified atom stereocenters. The van der Waals surface area contributed by atoms with E-state index in [2.05, 4.69) is 40.8 Å². The molecule has 174 valence electrons. The highest BCUT2D eigenvalue weighted by molar-refractivity contribution is 7.99. The van der Waals surface area contributed by atoms with Gasteiger partial charge in [-0.3, -0.25) is 4.79 Å². The summed E-state index contributed by atoms with van der Waals surface area (Å²) in [7, 11) is 1.67. The number of hydrogen-bond acceptors (Lipinski definition) is 7. The quantitative estimate of drug-likeness (QED) is 0.348. The average molecular weight is 491 g/mol. The van der Waals surface area contributed by atoms with Gasteiger partial charge in [0.1, 0.15) is 21.9 Å². The van der Waals surface area contributed by atoms with Crippen LogP contribution in [0.4, 0.5) is 5.69 Å². The van der Waals surface area contributed by atoms with Gasteiger partial charge in [0, 0.05) is 47.0 Å². The van der Waals surface area contributed by atoms with Crippen LogP contribution >= 0.6 is 23.1 Å². The molecule has 0 atom stereocenters. The molecule has 34 heavy (non-hydrogen) atoms. The average Bonchev–Trinajstić information content (AvgIpc) is 3.18. The fourth-order valence-corrected chi connectivity index (χ4v) is 6.33. The van der Waals surface area contributed by atoms with Crippen LogP contribution in [0.25, 0.3) is 10.2 Å². The number of carbonyl (C=O) groups excluding carboxylic acids is 1. The lowest BCUT2D eigenvalue weighted by molar-refractivity contribution is 0.0743. The molecule has 1 saturated heterocycles. The first kappa shape index (κ1) is 22.7. The van der Waals surface area contributed by atoms with Gasteiger partial charge in [0.2, 0.25) is 0 Å². The Bertz CT molecular complexity index is 1330. The number of benzene rings is 2. The van der Waals surface area contributed by atoms with Crippen molar-refractivity contribution in [3.8, 4) is 5.75 Å². The van der Waals surface area contributed by atoms with Crippen LogP contribution in [0.5, 0.6) is 5.75 Å². The summed E-state index contributed by atoms with van der Waals surface area (Å²) < 4.78 is 5.26. The molecule has 0 bridgehead atoms. The van der Waals surface area contributed by atoms with Crippen LogP contribution in [-0.2, 0) is 0 Å². The summed E-state index contributed by atoms with van der Waals surface area (Å²) in [6, 6.07) is 15.9. The Morgan fingerprint density at radius 2 is 1.74 bits per heavy atom. The molecule has 0 radical (unpaired) electrons. The molecule has 8 heteroatoms. The molecular formula is C26H26N4O2S2. The fourth-order valence-electron chi connectivity index (χ4n) is 4.20. The zero-order chi connectivity index (χ0) is 23.7. The summed E-state index contributed by atoms with van der Waals surface area (Å²) in [6.45, 7) is 7.19. The van der Waals surface area contributed by atoms with Crippen molar-refractivity contribution in [3.63, 3.8) is 0 Å². The van der Waals surface area contributed by atoms with Gasteiger partial charge in [0.25, 0.3) is 5.91 Å². The van der Waals surface area contributed by atoms with Gasteiger partial charge in [0.05, 0.1) is 12.7 Å². The number of amides is 1. The highest BCUT2D eigenvalue weighted by Crippen LogP contribution is 2.38. The molecule has 4 aromatic rings. The molecule has 5 rings (SSSR count). The van der Waals surface area contributed by atoms with Gasteiger partial charge >= 0.3 is 0 Å². The number of carbonyl (C=O) groups is 1. The minimum atomic E-state index is 0.0704. The van der Waals surface area contributed by atoms with Crippen LogP contribution in [0.3, 0.4) is 0 Å². The van der Waals surface area contributed by atoms with E-state index in [-0.39, 0.29) is 5.91 Å². The molecule has 0 spiro atoms. The van der Waals surface area contributed by atoms with E-state index < -0.39 is 0 Å². The van der Waals surface area contributed by atoms with Crippen molar-refractivity contribution in [1.82, 2.24) is 14.9 Å². The second-order valence-corrected chi connectivity index (χ2v) is 10.5. The van der Waals surface area contributed by atoms with Crippen molar-refractivity contribution in [2.45, 2.75) is 23.8 Å². The standard InChI is InChI=1S/C26H26N4O2S2/c1-17-18(2)33-24-23(17)25(28-16-27-24)34-22-7-5-4-6-21(22)26(31)30-14-12-29(13-15-30)19-8-10-20(32-3)11-9-19/h4-11,16H,12-15H2,1-3H3. The fraction of sp³-hybridized carbons (Fsp3) is 0.269. The molecule has 6 nitrogen and oxygen atoms in total. The molecule has 1 aliphatic heterocycles. The maximum Gasteiger partial charge on any atom is 0.255 e. The Morgan fingerprint density at radius 3 is 2.47 bits per heavy atom. The largest absolute Gasteiger partial charge is 0.497 e. The van der Waals surface area contributed by atoms with E-state index in [0.29, 0.717) is 13.1 Å². The van der Waals surface area contributed by atoms with Crippen LogP contribution in [0.15, 0.2) is 64.8 Å². The minimum Gasteiger partial charge on any atom is -0.497 e. The van der Waals surface area contributed by atoms with Crippen LogP contribution in [0.1, 0.15) is 20.8 Å². The maximum absolute atomic E-state index is 13.5. The van der Waals surface area contributed by atoms with Crippen LogP contribution < -0.4 is 9.64 Å². The highest BCUT2D eigenvalue weighted by atomic mass is 32.2. The predicted molar refractivity (Wildman–Crippen MR) is 139 cm³/mol. The third kappa shape index (κ3) is 4.35. The molecule has 3 heterocycles. The van der Waals surface area contributed by atoms with Gasteiger partial charge in [0.15, 0.2) is 0 Å². The van der Waals surface area contributed by atoms with Crippen LogP contribution in [0.2, 0.25) is 0 Å². The molecular weight excluding hydrogens is 464 g/mol. The van der Waals surface area contributed by atoms with Crippen molar-refractivity contribution >= 4 is 44.9 Å². The van der Waals surface area contributed by atoms with Gasteiger partial charge in [-0.15, -0.1) is 11.3 Å². The lowest BCUT2D eigenvalue weighted by Crippen LogP contribution is -2.48. The number of fused-ring (bicyclic) bond motifs is 1. The Hall–Kier alpha value is -3.10. The lowest BCUT2D eigenvalue weighted by Gasteiger charge is -2.36. The summed E-state index contributed by atoms with van der Waals surface area (Å²) in [6.07, 6.45) is 1.61. The summed E-state index contributed by atoms with van der Waals surface area (Å²) in [4.78, 5) is 30.0. The summed E-state index contributed by atoms with van der Waals surface area (Å²) >= 11 is 3.24. The maximum atomic E-state index is 13.5. The van der Waals surface area contributed by atoms with E-state index in [9.17, 15) is 4.79 Å². The zero-order valence-corrected chi connectivity index (χ0v) is 21.1. The van der Waals surface area contributed by atoms with E-state index >= 15 is 0 Å². The number of anilines is 1. The Balaban J connectivity index is 1.33. The first-order valence-corrected chi connectivity index (χ1v) is 12.8. The number of aromatic nitrogens is 2. The Kier molecular flexibility index (Phi) is 6.43. The Labute approximate surface area is 207 Å². The smallest absolute Gasteiger partial charge is 0.255 e. The number of hydrogen-bond donors (Lipinski definition) is 0. The monoisotopic (exact) mass is 490 g/mol. The van der Waals surface area contributed by atoms with Gasteiger partial charge in [-0.05, 0) is 55.8 Å². The second kappa shape index (κ2) is 9.64. The van der Waals surface area contributed by atoms with Gasteiger partial charge in [-0.1, -0.05) is 23.9 Å². The lowest BCUT2D eigenvalue weighted by atomic mass is 10.1. The number of nitrogens with zero attached hydrogens (tertiary/aromatic N) is 4.